The maximum Gasteiger partial charge on any atom is 0.123 e. The molecule has 0 radical (unpaired) electrons. The topological polar surface area (TPSA) is 12.0 Å². The average molecular weight is 213 g/mol. The van der Waals surface area contributed by atoms with Crippen molar-refractivity contribution in [1.29, 1.82) is 0 Å². The molecule has 0 atom stereocenters. The molecule has 0 aliphatic heterocycles. The highest BCUT2D eigenvalue weighted by Gasteiger charge is 1.95. The van der Waals surface area contributed by atoms with Gasteiger partial charge in [-0.2, -0.15) is 0 Å². The molecule has 0 heterocycles. The van der Waals surface area contributed by atoms with Crippen molar-refractivity contribution < 1.29 is 4.39 Å². The highest BCUT2D eigenvalue weighted by Crippen LogP contribution is 2.17. The Morgan fingerprint density at radius 3 is 1.88 bits per heavy atom. The van der Waals surface area contributed by atoms with E-state index < -0.39 is 0 Å². The lowest BCUT2D eigenvalue weighted by Crippen LogP contribution is -1.89. The van der Waals surface area contributed by atoms with Crippen LogP contribution in [0.2, 0.25) is 0 Å². The number of nitrogens with one attached hydrogen (secondary N) is 1. The number of halogens is 1. The Labute approximate surface area is 94.2 Å². The third-order valence-electron chi connectivity index (χ3n) is 2.28. The van der Waals surface area contributed by atoms with Gasteiger partial charge in [0.2, 0.25) is 0 Å². The zero-order valence-corrected chi connectivity index (χ0v) is 8.78. The number of rotatable bonds is 3. The third kappa shape index (κ3) is 2.48. The second kappa shape index (κ2) is 4.62. The number of hydrogen-bond acceptors (Lipinski definition) is 1. The quantitative estimate of drug-likeness (QED) is 0.805. The first-order valence-corrected chi connectivity index (χ1v) is 5.03. The van der Waals surface area contributed by atoms with Gasteiger partial charge in [0.05, 0.1) is 0 Å². The second-order valence-corrected chi connectivity index (χ2v) is 3.46. The normalized spacial score (nSPS) is 9.81. The predicted octanol–water partition coefficient (Wildman–Crippen LogP) is 4.21. The van der Waals surface area contributed by atoms with E-state index in [0.717, 1.165) is 16.9 Å². The summed E-state index contributed by atoms with van der Waals surface area (Å²) in [5, 5.41) is 3.18. The molecule has 0 aliphatic rings. The highest BCUT2D eigenvalue weighted by molar-refractivity contribution is 5.61. The molecule has 0 bridgehead atoms. The van der Waals surface area contributed by atoms with Gasteiger partial charge < -0.3 is 5.32 Å². The van der Waals surface area contributed by atoms with Crippen LogP contribution in [0.5, 0.6) is 0 Å². The van der Waals surface area contributed by atoms with Crippen LogP contribution in [0.4, 0.5) is 15.8 Å². The van der Waals surface area contributed by atoms with Crippen molar-refractivity contribution in [3.63, 3.8) is 0 Å². The standard InChI is InChI=1S/C14H12FN/c1-2-11-3-7-13(8-4-11)16-14-9-5-12(15)6-10-14/h2-10,16H,1H2. The Kier molecular flexibility index (Phi) is 3.01. The van der Waals surface area contributed by atoms with Crippen molar-refractivity contribution in [3.8, 4) is 0 Å². The minimum absolute atomic E-state index is 0.229. The van der Waals surface area contributed by atoms with Crippen LogP contribution in [-0.2, 0) is 0 Å². The molecule has 2 aromatic rings. The van der Waals surface area contributed by atoms with Crippen molar-refractivity contribution in [2.75, 3.05) is 5.32 Å². The molecule has 1 N–H and O–H groups in total. The molecule has 0 unspecified atom stereocenters. The van der Waals surface area contributed by atoms with E-state index in [9.17, 15) is 4.39 Å². The number of anilines is 2. The largest absolute Gasteiger partial charge is 0.356 e. The van der Waals surface area contributed by atoms with Crippen LogP contribution in [0.1, 0.15) is 5.56 Å². The fraction of sp³-hybridized carbons (Fsp3) is 0. The molecular weight excluding hydrogens is 201 g/mol. The van der Waals surface area contributed by atoms with Gasteiger partial charge in [-0.25, -0.2) is 4.39 Å². The summed E-state index contributed by atoms with van der Waals surface area (Å²) in [7, 11) is 0. The van der Waals surface area contributed by atoms with Gasteiger partial charge in [0.25, 0.3) is 0 Å². The molecule has 2 rings (SSSR count). The maximum absolute atomic E-state index is 12.7. The van der Waals surface area contributed by atoms with Crippen molar-refractivity contribution in [1.82, 2.24) is 0 Å². The van der Waals surface area contributed by atoms with E-state index in [1.165, 1.54) is 12.1 Å². The molecule has 2 aromatic carbocycles. The van der Waals surface area contributed by atoms with Crippen LogP contribution in [0.25, 0.3) is 6.08 Å². The summed E-state index contributed by atoms with van der Waals surface area (Å²) >= 11 is 0. The lowest BCUT2D eigenvalue weighted by atomic mass is 10.2. The number of hydrogen-bond donors (Lipinski definition) is 1. The van der Waals surface area contributed by atoms with Gasteiger partial charge >= 0.3 is 0 Å². The molecule has 80 valence electrons. The lowest BCUT2D eigenvalue weighted by Gasteiger charge is -2.06. The highest BCUT2D eigenvalue weighted by atomic mass is 19.1. The molecule has 0 saturated carbocycles. The van der Waals surface area contributed by atoms with Crippen LogP contribution in [0, 0.1) is 5.82 Å². The minimum atomic E-state index is -0.229. The summed E-state index contributed by atoms with van der Waals surface area (Å²) in [6.07, 6.45) is 1.79. The van der Waals surface area contributed by atoms with Gasteiger partial charge in [-0.05, 0) is 42.0 Å². The summed E-state index contributed by atoms with van der Waals surface area (Å²) in [6.45, 7) is 3.69. The fourth-order valence-corrected chi connectivity index (χ4v) is 1.40. The summed E-state index contributed by atoms with van der Waals surface area (Å²) in [5.41, 5.74) is 2.91. The van der Waals surface area contributed by atoms with Gasteiger partial charge in [-0.15, -0.1) is 0 Å². The fourth-order valence-electron chi connectivity index (χ4n) is 1.40. The maximum atomic E-state index is 12.7. The first kappa shape index (κ1) is 10.4. The van der Waals surface area contributed by atoms with E-state index >= 15 is 0 Å². The monoisotopic (exact) mass is 213 g/mol. The van der Waals surface area contributed by atoms with E-state index in [0.29, 0.717) is 0 Å². The molecule has 2 heteroatoms. The first-order valence-electron chi connectivity index (χ1n) is 5.03. The van der Waals surface area contributed by atoms with E-state index in [2.05, 4.69) is 11.9 Å². The molecule has 0 spiro atoms. The van der Waals surface area contributed by atoms with Gasteiger partial charge in [-0.3, -0.25) is 0 Å². The third-order valence-corrected chi connectivity index (χ3v) is 2.28. The van der Waals surface area contributed by atoms with E-state index in [-0.39, 0.29) is 5.82 Å². The zero-order chi connectivity index (χ0) is 11.4. The van der Waals surface area contributed by atoms with Gasteiger partial charge in [-0.1, -0.05) is 24.8 Å². The zero-order valence-electron chi connectivity index (χ0n) is 8.78. The predicted molar refractivity (Wildman–Crippen MR) is 66.2 cm³/mol. The average Bonchev–Trinajstić information content (AvgIpc) is 2.33. The van der Waals surface area contributed by atoms with Gasteiger partial charge in [0.1, 0.15) is 5.82 Å². The first-order chi connectivity index (χ1) is 7.78. The van der Waals surface area contributed by atoms with Crippen molar-refractivity contribution in [3.05, 3.63) is 66.5 Å². The second-order valence-electron chi connectivity index (χ2n) is 3.46. The van der Waals surface area contributed by atoms with E-state index in [1.54, 1.807) is 18.2 Å². The van der Waals surface area contributed by atoms with Crippen LogP contribution in [-0.4, -0.2) is 0 Å². The molecule has 0 amide bonds. The summed E-state index contributed by atoms with van der Waals surface area (Å²) in [5.74, 6) is -0.229. The Hall–Kier alpha value is -2.09. The Bertz CT molecular complexity index is 471. The van der Waals surface area contributed by atoms with Crippen LogP contribution in [0.15, 0.2) is 55.1 Å². The molecule has 16 heavy (non-hydrogen) atoms. The Morgan fingerprint density at radius 2 is 1.38 bits per heavy atom. The number of benzene rings is 2. The summed E-state index contributed by atoms with van der Waals surface area (Å²) < 4.78 is 12.7. The Morgan fingerprint density at radius 1 is 0.875 bits per heavy atom. The van der Waals surface area contributed by atoms with E-state index in [1.807, 2.05) is 24.3 Å². The molecule has 0 fully saturated rings. The molecular formula is C14H12FN. The molecule has 0 saturated heterocycles. The summed E-state index contributed by atoms with van der Waals surface area (Å²) in [6, 6.07) is 14.1. The smallest absolute Gasteiger partial charge is 0.123 e. The van der Waals surface area contributed by atoms with Crippen molar-refractivity contribution in [2.24, 2.45) is 0 Å². The lowest BCUT2D eigenvalue weighted by molar-refractivity contribution is 0.628. The van der Waals surface area contributed by atoms with Gasteiger partial charge in [0, 0.05) is 11.4 Å². The van der Waals surface area contributed by atoms with Gasteiger partial charge in [0.15, 0.2) is 0 Å². The Balaban J connectivity index is 2.14. The molecule has 0 aliphatic carbocycles. The minimum Gasteiger partial charge on any atom is -0.356 e. The van der Waals surface area contributed by atoms with Crippen molar-refractivity contribution in [2.45, 2.75) is 0 Å². The SMILES string of the molecule is C=Cc1ccc(Nc2ccc(F)cc2)cc1. The van der Waals surface area contributed by atoms with Crippen molar-refractivity contribution >= 4 is 17.5 Å². The summed E-state index contributed by atoms with van der Waals surface area (Å²) in [4.78, 5) is 0. The van der Waals surface area contributed by atoms with Crippen LogP contribution in [0.3, 0.4) is 0 Å². The molecule has 1 nitrogen and oxygen atoms in total. The van der Waals surface area contributed by atoms with Crippen LogP contribution < -0.4 is 5.32 Å². The molecule has 0 aromatic heterocycles. The van der Waals surface area contributed by atoms with Crippen LogP contribution >= 0.6 is 0 Å². The van der Waals surface area contributed by atoms with E-state index in [4.69, 9.17) is 0 Å².